The van der Waals surface area contributed by atoms with Crippen LogP contribution in [0.3, 0.4) is 0 Å². The van der Waals surface area contributed by atoms with Crippen molar-refractivity contribution in [3.05, 3.63) is 0 Å². The Hall–Kier alpha value is -0.570. The fourth-order valence-electron chi connectivity index (χ4n) is 4.24. The Bertz CT molecular complexity index is 384. The molecule has 2 aliphatic rings. The predicted molar refractivity (Wildman–Crippen MR) is 83.8 cm³/mol. The zero-order valence-electron chi connectivity index (χ0n) is 14.3. The molecule has 2 rings (SSSR count). The van der Waals surface area contributed by atoms with Crippen LogP contribution in [-0.4, -0.2) is 22.8 Å². The number of aliphatic hydroxyl groups is 1. The molecule has 2 bridgehead atoms. The summed E-state index contributed by atoms with van der Waals surface area (Å²) in [5.74, 6) is 1.33. The molecule has 3 nitrogen and oxygen atoms in total. The Morgan fingerprint density at radius 1 is 1.05 bits per heavy atom. The molecule has 0 aromatic heterocycles. The lowest BCUT2D eigenvalue weighted by atomic mass is 9.73. The first-order valence-corrected chi connectivity index (χ1v) is 8.70. The molecular formula is C18H32O3. The van der Waals surface area contributed by atoms with Crippen LogP contribution >= 0.6 is 0 Å². The third-order valence-electron chi connectivity index (χ3n) is 6.40. The lowest BCUT2D eigenvalue weighted by Crippen LogP contribution is -2.42. The summed E-state index contributed by atoms with van der Waals surface area (Å²) >= 11 is 0. The lowest BCUT2D eigenvalue weighted by Gasteiger charge is -2.39. The molecule has 2 aliphatic carbocycles. The van der Waals surface area contributed by atoms with Crippen LogP contribution < -0.4 is 0 Å². The van der Waals surface area contributed by atoms with Gasteiger partial charge in [-0.25, -0.2) is 0 Å². The van der Waals surface area contributed by atoms with Gasteiger partial charge in [0.25, 0.3) is 0 Å². The summed E-state index contributed by atoms with van der Waals surface area (Å²) < 4.78 is 5.81. The van der Waals surface area contributed by atoms with Crippen LogP contribution in [0, 0.1) is 23.2 Å². The fraction of sp³-hybridized carbons (Fsp3) is 0.944. The Morgan fingerprint density at radius 3 is 2.10 bits per heavy atom. The van der Waals surface area contributed by atoms with E-state index in [0.717, 1.165) is 38.5 Å². The highest BCUT2D eigenvalue weighted by Gasteiger charge is 2.53. The lowest BCUT2D eigenvalue weighted by molar-refractivity contribution is -0.164. The van der Waals surface area contributed by atoms with Crippen molar-refractivity contribution in [2.75, 3.05) is 0 Å². The average molecular weight is 296 g/mol. The number of hydrogen-bond acceptors (Lipinski definition) is 3. The second-order valence-electron chi connectivity index (χ2n) is 7.83. The molecule has 2 saturated carbocycles. The van der Waals surface area contributed by atoms with Gasteiger partial charge >= 0.3 is 5.97 Å². The summed E-state index contributed by atoms with van der Waals surface area (Å²) in [6.07, 6.45) is 5.63. The Kier molecular flexibility index (Phi) is 4.72. The van der Waals surface area contributed by atoms with Crippen LogP contribution in [0.4, 0.5) is 0 Å². The molecule has 0 aliphatic heterocycles. The minimum absolute atomic E-state index is 0.0552. The highest BCUT2D eigenvalue weighted by molar-refractivity contribution is 5.76. The molecule has 1 N–H and O–H groups in total. The Labute approximate surface area is 129 Å². The summed E-state index contributed by atoms with van der Waals surface area (Å²) in [4.78, 5) is 12.2. The van der Waals surface area contributed by atoms with Crippen LogP contribution in [0.2, 0.25) is 0 Å². The first-order chi connectivity index (χ1) is 9.77. The first-order valence-electron chi connectivity index (χ1n) is 8.70. The molecule has 3 heteroatoms. The maximum absolute atomic E-state index is 12.2. The van der Waals surface area contributed by atoms with E-state index >= 15 is 0 Å². The van der Waals surface area contributed by atoms with E-state index in [1.165, 1.54) is 0 Å². The zero-order valence-corrected chi connectivity index (χ0v) is 14.3. The number of carbonyl (C=O) groups is 1. The third-order valence-corrected chi connectivity index (χ3v) is 6.40. The highest BCUT2D eigenvalue weighted by atomic mass is 16.5. The minimum Gasteiger partial charge on any atom is -0.462 e. The molecule has 0 aromatic rings. The molecule has 4 atom stereocenters. The largest absolute Gasteiger partial charge is 0.462 e. The van der Waals surface area contributed by atoms with Crippen molar-refractivity contribution in [3.8, 4) is 0 Å². The Balaban J connectivity index is 1.96. The number of esters is 1. The SMILES string of the molecule is CCC(C)(C)C(=O)OC1CC2CC1CC2C(O)(CC)CC. The first kappa shape index (κ1) is 16.8. The number of carbonyl (C=O) groups excluding carboxylic acids is 1. The van der Waals surface area contributed by atoms with E-state index in [-0.39, 0.29) is 17.5 Å². The van der Waals surface area contributed by atoms with Crippen LogP contribution in [0.1, 0.15) is 73.1 Å². The minimum atomic E-state index is -0.517. The molecule has 0 spiro atoms. The normalized spacial score (nSPS) is 32.5. The number of hydrogen-bond donors (Lipinski definition) is 1. The number of ether oxygens (including phenoxy) is 1. The third kappa shape index (κ3) is 2.99. The van der Waals surface area contributed by atoms with Gasteiger partial charge in [0.2, 0.25) is 0 Å². The maximum Gasteiger partial charge on any atom is 0.311 e. The van der Waals surface area contributed by atoms with Gasteiger partial charge < -0.3 is 9.84 Å². The van der Waals surface area contributed by atoms with Crippen LogP contribution in [-0.2, 0) is 9.53 Å². The molecule has 0 radical (unpaired) electrons. The van der Waals surface area contributed by atoms with Gasteiger partial charge in [0.05, 0.1) is 11.0 Å². The topological polar surface area (TPSA) is 46.5 Å². The molecule has 122 valence electrons. The van der Waals surface area contributed by atoms with Gasteiger partial charge in [-0.1, -0.05) is 20.8 Å². The molecule has 2 fully saturated rings. The molecular weight excluding hydrogens is 264 g/mol. The van der Waals surface area contributed by atoms with Crippen molar-refractivity contribution < 1.29 is 14.6 Å². The van der Waals surface area contributed by atoms with E-state index in [4.69, 9.17) is 4.74 Å². The van der Waals surface area contributed by atoms with Gasteiger partial charge in [0.15, 0.2) is 0 Å². The van der Waals surface area contributed by atoms with E-state index in [1.807, 2.05) is 20.8 Å². The van der Waals surface area contributed by atoms with Crippen molar-refractivity contribution in [1.29, 1.82) is 0 Å². The summed E-state index contributed by atoms with van der Waals surface area (Å²) in [7, 11) is 0. The smallest absolute Gasteiger partial charge is 0.311 e. The van der Waals surface area contributed by atoms with Gasteiger partial charge in [-0.05, 0) is 70.1 Å². The summed E-state index contributed by atoms with van der Waals surface area (Å²) in [5, 5.41) is 10.8. The predicted octanol–water partition coefficient (Wildman–Crippen LogP) is 3.93. The fourth-order valence-corrected chi connectivity index (χ4v) is 4.24. The molecule has 4 unspecified atom stereocenters. The van der Waals surface area contributed by atoms with E-state index < -0.39 is 5.60 Å². The van der Waals surface area contributed by atoms with Gasteiger partial charge in [-0.15, -0.1) is 0 Å². The van der Waals surface area contributed by atoms with E-state index in [9.17, 15) is 9.90 Å². The van der Waals surface area contributed by atoms with Crippen LogP contribution in [0.5, 0.6) is 0 Å². The number of rotatable bonds is 6. The standard InChI is InChI=1S/C18H32O3/c1-6-17(4,5)16(19)21-15-11-12-9-13(15)10-14(12)18(20,7-2)8-3/h12-15,20H,6-11H2,1-5H3. The quantitative estimate of drug-likeness (QED) is 0.755. The van der Waals surface area contributed by atoms with Crippen molar-refractivity contribution in [2.45, 2.75) is 84.8 Å². The maximum atomic E-state index is 12.2. The summed E-state index contributed by atoms with van der Waals surface area (Å²) in [6.45, 7) is 10.1. The van der Waals surface area contributed by atoms with Gasteiger partial charge in [-0.2, -0.15) is 0 Å². The molecule has 0 saturated heterocycles. The Morgan fingerprint density at radius 2 is 1.67 bits per heavy atom. The molecule has 0 heterocycles. The monoisotopic (exact) mass is 296 g/mol. The molecule has 0 aromatic carbocycles. The van der Waals surface area contributed by atoms with E-state index in [1.54, 1.807) is 0 Å². The molecule has 21 heavy (non-hydrogen) atoms. The van der Waals surface area contributed by atoms with Crippen molar-refractivity contribution in [2.24, 2.45) is 23.2 Å². The number of fused-ring (bicyclic) bond motifs is 2. The van der Waals surface area contributed by atoms with Crippen LogP contribution in [0.15, 0.2) is 0 Å². The van der Waals surface area contributed by atoms with Gasteiger partial charge in [0, 0.05) is 0 Å². The van der Waals surface area contributed by atoms with Crippen LogP contribution in [0.25, 0.3) is 0 Å². The molecule has 0 amide bonds. The highest BCUT2D eigenvalue weighted by Crippen LogP contribution is 2.54. The van der Waals surface area contributed by atoms with Crippen molar-refractivity contribution in [3.63, 3.8) is 0 Å². The van der Waals surface area contributed by atoms with Crippen molar-refractivity contribution >= 4 is 5.97 Å². The van der Waals surface area contributed by atoms with Gasteiger partial charge in [-0.3, -0.25) is 4.79 Å². The second kappa shape index (κ2) is 5.91. The van der Waals surface area contributed by atoms with E-state index in [0.29, 0.717) is 17.8 Å². The van der Waals surface area contributed by atoms with Gasteiger partial charge in [0.1, 0.15) is 6.10 Å². The van der Waals surface area contributed by atoms with E-state index in [2.05, 4.69) is 13.8 Å². The average Bonchev–Trinajstić information content (AvgIpc) is 3.06. The zero-order chi connectivity index (χ0) is 15.8. The summed E-state index contributed by atoms with van der Waals surface area (Å²) in [5.41, 5.74) is -0.897. The summed E-state index contributed by atoms with van der Waals surface area (Å²) in [6, 6.07) is 0. The van der Waals surface area contributed by atoms with Crippen molar-refractivity contribution in [1.82, 2.24) is 0 Å². The second-order valence-corrected chi connectivity index (χ2v) is 7.83.